The van der Waals surface area contributed by atoms with Crippen LogP contribution in [0.25, 0.3) is 0 Å². The standard InChI is InChI=1S/C15H22BrO4P/c1-3-19-21(17,20-4-2)11-18-15-10-13(16)9-12-7-5-6-8-14(12)15/h9-10H,3-8,11H2,1-2H3. The van der Waals surface area contributed by atoms with Crippen LogP contribution < -0.4 is 4.74 Å². The van der Waals surface area contributed by atoms with Crippen LogP contribution >= 0.6 is 23.5 Å². The first kappa shape index (κ1) is 17.0. The highest BCUT2D eigenvalue weighted by molar-refractivity contribution is 9.10. The summed E-state index contributed by atoms with van der Waals surface area (Å²) >= 11 is 3.51. The predicted molar refractivity (Wildman–Crippen MR) is 87.1 cm³/mol. The topological polar surface area (TPSA) is 44.8 Å². The highest BCUT2D eigenvalue weighted by Gasteiger charge is 2.26. The van der Waals surface area contributed by atoms with E-state index in [2.05, 4.69) is 22.0 Å². The lowest BCUT2D eigenvalue weighted by molar-refractivity contribution is 0.196. The van der Waals surface area contributed by atoms with Crippen LogP contribution in [0.4, 0.5) is 0 Å². The van der Waals surface area contributed by atoms with Crippen LogP contribution in [0.1, 0.15) is 37.8 Å². The molecular weight excluding hydrogens is 355 g/mol. The zero-order chi connectivity index (χ0) is 15.3. The van der Waals surface area contributed by atoms with Crippen molar-refractivity contribution in [2.45, 2.75) is 39.5 Å². The smallest absolute Gasteiger partial charge is 0.367 e. The number of rotatable bonds is 7. The van der Waals surface area contributed by atoms with E-state index in [1.807, 2.05) is 6.07 Å². The molecule has 0 spiro atoms. The molecule has 0 unspecified atom stereocenters. The van der Waals surface area contributed by atoms with Crippen molar-refractivity contribution in [3.8, 4) is 5.75 Å². The molecule has 6 heteroatoms. The van der Waals surface area contributed by atoms with Crippen molar-refractivity contribution in [1.82, 2.24) is 0 Å². The summed E-state index contributed by atoms with van der Waals surface area (Å²) in [5.41, 5.74) is 2.54. The number of hydrogen-bond acceptors (Lipinski definition) is 4. The number of fused-ring (bicyclic) bond motifs is 1. The third-order valence-corrected chi connectivity index (χ3v) is 5.63. The molecule has 0 aromatic heterocycles. The van der Waals surface area contributed by atoms with Gasteiger partial charge in [-0.15, -0.1) is 0 Å². The molecule has 1 aromatic carbocycles. The second-order valence-electron chi connectivity index (χ2n) is 4.97. The van der Waals surface area contributed by atoms with Crippen molar-refractivity contribution >= 4 is 23.5 Å². The summed E-state index contributed by atoms with van der Waals surface area (Å²) in [6, 6.07) is 4.08. The molecule has 0 aliphatic heterocycles. The summed E-state index contributed by atoms with van der Waals surface area (Å²) in [7, 11) is -3.17. The van der Waals surface area contributed by atoms with Crippen molar-refractivity contribution in [2.24, 2.45) is 0 Å². The third-order valence-electron chi connectivity index (χ3n) is 3.42. The Bertz CT molecular complexity index is 523. The van der Waals surface area contributed by atoms with Gasteiger partial charge in [-0.1, -0.05) is 15.9 Å². The van der Waals surface area contributed by atoms with E-state index < -0.39 is 7.60 Å². The Kier molecular flexibility index (Phi) is 6.30. The van der Waals surface area contributed by atoms with Crippen molar-refractivity contribution in [3.63, 3.8) is 0 Å². The lowest BCUT2D eigenvalue weighted by Crippen LogP contribution is -2.10. The Hall–Kier alpha value is -0.350. The largest absolute Gasteiger partial charge is 0.481 e. The maximum Gasteiger partial charge on any atom is 0.367 e. The summed E-state index contributed by atoms with van der Waals surface area (Å²) in [6.07, 6.45) is 4.40. The fraction of sp³-hybridized carbons (Fsp3) is 0.600. The SMILES string of the molecule is CCOP(=O)(COc1cc(Br)cc2c1CCCC2)OCC. The highest BCUT2D eigenvalue weighted by atomic mass is 79.9. The summed E-state index contributed by atoms with van der Waals surface area (Å²) < 4.78 is 29.8. The van der Waals surface area contributed by atoms with Crippen LogP contribution in [0.2, 0.25) is 0 Å². The molecule has 0 heterocycles. The maximum atomic E-state index is 12.5. The van der Waals surface area contributed by atoms with Gasteiger partial charge in [0.25, 0.3) is 0 Å². The van der Waals surface area contributed by atoms with Gasteiger partial charge < -0.3 is 13.8 Å². The quantitative estimate of drug-likeness (QED) is 0.632. The molecule has 2 rings (SSSR count). The van der Waals surface area contributed by atoms with Gasteiger partial charge in [-0.3, -0.25) is 4.57 Å². The number of halogens is 1. The molecular formula is C15H22BrO4P. The molecule has 0 N–H and O–H groups in total. The van der Waals surface area contributed by atoms with Gasteiger partial charge in [0.05, 0.1) is 13.2 Å². The Morgan fingerprint density at radius 1 is 1.14 bits per heavy atom. The lowest BCUT2D eigenvalue weighted by Gasteiger charge is -2.22. The highest BCUT2D eigenvalue weighted by Crippen LogP contribution is 2.48. The molecule has 1 aliphatic rings. The normalized spacial score (nSPS) is 14.8. The Morgan fingerprint density at radius 3 is 2.48 bits per heavy atom. The van der Waals surface area contributed by atoms with Gasteiger partial charge in [0, 0.05) is 4.47 Å². The minimum atomic E-state index is -3.17. The summed E-state index contributed by atoms with van der Waals surface area (Å²) in [4.78, 5) is 0. The summed E-state index contributed by atoms with van der Waals surface area (Å²) in [5.74, 6) is 0.790. The second kappa shape index (κ2) is 7.77. The molecule has 118 valence electrons. The molecule has 4 nitrogen and oxygen atoms in total. The Labute approximate surface area is 134 Å². The molecule has 0 radical (unpaired) electrons. The fourth-order valence-electron chi connectivity index (χ4n) is 2.57. The molecule has 0 fully saturated rings. The van der Waals surface area contributed by atoms with Crippen LogP contribution in [-0.4, -0.2) is 19.6 Å². The van der Waals surface area contributed by atoms with Crippen LogP contribution in [-0.2, 0) is 26.5 Å². The first-order chi connectivity index (χ1) is 10.1. The first-order valence-electron chi connectivity index (χ1n) is 7.40. The number of benzene rings is 1. The molecule has 1 aromatic rings. The van der Waals surface area contributed by atoms with E-state index in [4.69, 9.17) is 13.8 Å². The molecule has 1 aliphatic carbocycles. The molecule has 0 amide bonds. The molecule has 21 heavy (non-hydrogen) atoms. The summed E-state index contributed by atoms with van der Waals surface area (Å²) in [5, 5.41) is 0. The van der Waals surface area contributed by atoms with E-state index in [-0.39, 0.29) is 6.35 Å². The zero-order valence-corrected chi connectivity index (χ0v) is 15.0. The number of ether oxygens (including phenoxy) is 1. The molecule has 0 bridgehead atoms. The van der Waals surface area contributed by atoms with Crippen LogP contribution in [0.3, 0.4) is 0 Å². The van der Waals surface area contributed by atoms with E-state index in [0.29, 0.717) is 13.2 Å². The van der Waals surface area contributed by atoms with E-state index in [1.165, 1.54) is 24.0 Å². The van der Waals surface area contributed by atoms with Gasteiger partial charge in [-0.25, -0.2) is 0 Å². The van der Waals surface area contributed by atoms with Crippen LogP contribution in [0.15, 0.2) is 16.6 Å². The van der Waals surface area contributed by atoms with Gasteiger partial charge in [0.1, 0.15) is 5.75 Å². The van der Waals surface area contributed by atoms with Crippen molar-refractivity contribution in [2.75, 3.05) is 19.6 Å². The molecule has 0 saturated carbocycles. The van der Waals surface area contributed by atoms with Gasteiger partial charge in [0.2, 0.25) is 0 Å². The van der Waals surface area contributed by atoms with E-state index in [9.17, 15) is 4.57 Å². The van der Waals surface area contributed by atoms with Crippen molar-refractivity contribution < 1.29 is 18.3 Å². The number of aryl methyl sites for hydroxylation is 1. The van der Waals surface area contributed by atoms with Gasteiger partial charge in [0.15, 0.2) is 6.35 Å². The van der Waals surface area contributed by atoms with Gasteiger partial charge in [-0.2, -0.15) is 0 Å². The first-order valence-corrected chi connectivity index (χ1v) is 9.92. The van der Waals surface area contributed by atoms with Gasteiger partial charge in [-0.05, 0) is 62.8 Å². The van der Waals surface area contributed by atoms with Crippen LogP contribution in [0.5, 0.6) is 5.75 Å². The second-order valence-corrected chi connectivity index (χ2v) is 7.88. The molecule has 0 atom stereocenters. The monoisotopic (exact) mass is 376 g/mol. The number of hydrogen-bond donors (Lipinski definition) is 0. The van der Waals surface area contributed by atoms with E-state index in [0.717, 1.165) is 23.1 Å². The minimum absolute atomic E-state index is 0.0441. The van der Waals surface area contributed by atoms with Crippen LogP contribution in [0, 0.1) is 0 Å². The van der Waals surface area contributed by atoms with Crippen molar-refractivity contribution in [1.29, 1.82) is 0 Å². The van der Waals surface area contributed by atoms with Gasteiger partial charge >= 0.3 is 7.60 Å². The fourth-order valence-corrected chi connectivity index (χ4v) is 4.36. The average molecular weight is 377 g/mol. The third kappa shape index (κ3) is 4.56. The van der Waals surface area contributed by atoms with E-state index in [1.54, 1.807) is 13.8 Å². The minimum Gasteiger partial charge on any atom is -0.481 e. The predicted octanol–water partition coefficient (Wildman–Crippen LogP) is 4.93. The van der Waals surface area contributed by atoms with Crippen molar-refractivity contribution in [3.05, 3.63) is 27.7 Å². The summed E-state index contributed by atoms with van der Waals surface area (Å²) in [6.45, 7) is 4.29. The lowest BCUT2D eigenvalue weighted by atomic mass is 9.91. The maximum absolute atomic E-state index is 12.5. The zero-order valence-electron chi connectivity index (χ0n) is 12.6. The Balaban J connectivity index is 2.15. The van der Waals surface area contributed by atoms with E-state index >= 15 is 0 Å². The Morgan fingerprint density at radius 2 is 1.81 bits per heavy atom. The average Bonchev–Trinajstić information content (AvgIpc) is 2.45. The molecule has 0 saturated heterocycles.